The molecule has 2 amide bonds. The third-order valence-electron chi connectivity index (χ3n) is 4.28. The lowest BCUT2D eigenvalue weighted by Crippen LogP contribution is -2.19. The summed E-state index contributed by atoms with van der Waals surface area (Å²) in [6.45, 7) is 0. The zero-order chi connectivity index (χ0) is 22.6. The summed E-state index contributed by atoms with van der Waals surface area (Å²) in [7, 11) is 0. The summed E-state index contributed by atoms with van der Waals surface area (Å²) in [6.07, 6.45) is 1.96. The van der Waals surface area contributed by atoms with Crippen molar-refractivity contribution in [2.75, 3.05) is 16.0 Å². The highest BCUT2D eigenvalue weighted by Gasteiger charge is 2.30. The highest BCUT2D eigenvalue weighted by molar-refractivity contribution is 5.99. The molecule has 3 N–H and O–H groups in total. The van der Waals surface area contributed by atoms with E-state index in [9.17, 15) is 18.0 Å². The van der Waals surface area contributed by atoms with Gasteiger partial charge in [-0.15, -0.1) is 0 Å². The molecule has 0 radical (unpaired) electrons. The summed E-state index contributed by atoms with van der Waals surface area (Å²) < 4.78 is 40.1. The van der Waals surface area contributed by atoms with Gasteiger partial charge in [-0.05, 0) is 42.5 Å². The minimum atomic E-state index is -4.49. The summed E-state index contributed by atoms with van der Waals surface area (Å²) in [6, 6.07) is 12.2. The number of nitrogens with one attached hydrogen (secondary N) is 3. The van der Waals surface area contributed by atoms with E-state index in [1.807, 2.05) is 0 Å². The van der Waals surface area contributed by atoms with E-state index in [2.05, 4.69) is 30.9 Å². The Morgan fingerprint density at radius 3 is 2.38 bits per heavy atom. The molecule has 0 unspecified atom stereocenters. The second-order valence-electron chi connectivity index (χ2n) is 6.59. The van der Waals surface area contributed by atoms with Gasteiger partial charge < -0.3 is 16.0 Å². The predicted octanol–water partition coefficient (Wildman–Crippen LogP) is 5.07. The average molecular weight is 439 g/mol. The molecule has 0 saturated heterocycles. The van der Waals surface area contributed by atoms with Crippen LogP contribution in [0.3, 0.4) is 0 Å². The average Bonchev–Trinajstić information content (AvgIpc) is 3.30. The SMILES string of the molecule is O=C(Nc1ccc(Nc2cc(-n3ccnc3)ncn2)cc1)Nc1cccc(C(F)(F)F)c1. The number of hydrogen-bond donors (Lipinski definition) is 3. The zero-order valence-electron chi connectivity index (χ0n) is 16.3. The first-order valence-corrected chi connectivity index (χ1v) is 9.29. The van der Waals surface area contributed by atoms with Gasteiger partial charge in [-0.25, -0.2) is 19.7 Å². The minimum absolute atomic E-state index is 0.0352. The van der Waals surface area contributed by atoms with E-state index >= 15 is 0 Å². The van der Waals surface area contributed by atoms with Gasteiger partial charge >= 0.3 is 12.2 Å². The van der Waals surface area contributed by atoms with Crippen molar-refractivity contribution in [1.82, 2.24) is 19.5 Å². The number of anilines is 4. The van der Waals surface area contributed by atoms with Gasteiger partial charge in [0.1, 0.15) is 24.3 Å². The summed E-state index contributed by atoms with van der Waals surface area (Å²) in [5.41, 5.74) is 0.366. The highest BCUT2D eigenvalue weighted by atomic mass is 19.4. The zero-order valence-corrected chi connectivity index (χ0v) is 16.3. The topological polar surface area (TPSA) is 96.8 Å². The van der Waals surface area contributed by atoms with Crippen molar-refractivity contribution in [2.45, 2.75) is 6.18 Å². The first-order valence-electron chi connectivity index (χ1n) is 9.29. The van der Waals surface area contributed by atoms with Crippen LogP contribution in [0, 0.1) is 0 Å². The maximum absolute atomic E-state index is 12.8. The van der Waals surface area contributed by atoms with Crippen LogP contribution in [0.4, 0.5) is 40.8 Å². The summed E-state index contributed by atoms with van der Waals surface area (Å²) in [5.74, 6) is 1.20. The number of imidazole rings is 1. The first-order chi connectivity index (χ1) is 15.4. The molecule has 2 heterocycles. The molecule has 0 atom stereocenters. The number of urea groups is 1. The van der Waals surface area contributed by atoms with Crippen molar-refractivity contribution in [3.63, 3.8) is 0 Å². The van der Waals surface area contributed by atoms with Crippen LogP contribution in [0.25, 0.3) is 5.82 Å². The van der Waals surface area contributed by atoms with Gasteiger partial charge in [-0.3, -0.25) is 4.57 Å². The second kappa shape index (κ2) is 8.76. The Morgan fingerprint density at radius 1 is 0.906 bits per heavy atom. The molecule has 2 aromatic heterocycles. The Morgan fingerprint density at radius 2 is 1.66 bits per heavy atom. The van der Waals surface area contributed by atoms with Crippen molar-refractivity contribution in [3.8, 4) is 5.82 Å². The Labute approximate surface area is 180 Å². The van der Waals surface area contributed by atoms with Crippen LogP contribution in [0.2, 0.25) is 0 Å². The number of hydrogen-bond acceptors (Lipinski definition) is 5. The lowest BCUT2D eigenvalue weighted by molar-refractivity contribution is -0.137. The molecule has 2 aromatic carbocycles. The van der Waals surface area contributed by atoms with E-state index in [0.29, 0.717) is 23.0 Å². The first kappa shape index (κ1) is 20.8. The summed E-state index contributed by atoms with van der Waals surface area (Å²) in [5, 5.41) is 8.09. The number of nitrogens with zero attached hydrogens (tertiary/aromatic N) is 4. The smallest absolute Gasteiger partial charge is 0.340 e. The quantitative estimate of drug-likeness (QED) is 0.404. The molecule has 0 aliphatic carbocycles. The Bertz CT molecular complexity index is 1210. The molecule has 8 nitrogen and oxygen atoms in total. The second-order valence-corrected chi connectivity index (χ2v) is 6.59. The van der Waals surface area contributed by atoms with E-state index in [0.717, 1.165) is 12.1 Å². The van der Waals surface area contributed by atoms with Crippen LogP contribution in [0.1, 0.15) is 5.56 Å². The minimum Gasteiger partial charge on any atom is -0.340 e. The number of aromatic nitrogens is 4. The van der Waals surface area contributed by atoms with E-state index in [1.54, 1.807) is 53.6 Å². The molecule has 0 aliphatic heterocycles. The van der Waals surface area contributed by atoms with Crippen LogP contribution >= 0.6 is 0 Å². The highest BCUT2D eigenvalue weighted by Crippen LogP contribution is 2.30. The van der Waals surface area contributed by atoms with Gasteiger partial charge in [0, 0.05) is 35.5 Å². The van der Waals surface area contributed by atoms with E-state index in [4.69, 9.17) is 0 Å². The van der Waals surface area contributed by atoms with Crippen LogP contribution in [0.15, 0.2) is 79.6 Å². The van der Waals surface area contributed by atoms with Gasteiger partial charge in [0.15, 0.2) is 0 Å². The normalized spacial score (nSPS) is 11.1. The molecule has 32 heavy (non-hydrogen) atoms. The van der Waals surface area contributed by atoms with Gasteiger partial charge in [0.25, 0.3) is 0 Å². The lowest BCUT2D eigenvalue weighted by Gasteiger charge is -2.11. The predicted molar refractivity (Wildman–Crippen MR) is 113 cm³/mol. The number of benzene rings is 2. The largest absolute Gasteiger partial charge is 0.416 e. The Balaban J connectivity index is 1.37. The van der Waals surface area contributed by atoms with Gasteiger partial charge in [-0.2, -0.15) is 13.2 Å². The summed E-state index contributed by atoms with van der Waals surface area (Å²) >= 11 is 0. The number of carbonyl (C=O) groups is 1. The number of alkyl halides is 3. The third kappa shape index (κ3) is 5.19. The maximum Gasteiger partial charge on any atom is 0.416 e. The van der Waals surface area contributed by atoms with Crippen molar-refractivity contribution in [3.05, 3.63) is 85.2 Å². The number of carbonyl (C=O) groups excluding carboxylic acids is 1. The van der Waals surface area contributed by atoms with E-state index in [-0.39, 0.29) is 5.69 Å². The third-order valence-corrected chi connectivity index (χ3v) is 4.28. The van der Waals surface area contributed by atoms with Crippen LogP contribution in [0.5, 0.6) is 0 Å². The van der Waals surface area contributed by atoms with Gasteiger partial charge in [0.2, 0.25) is 0 Å². The monoisotopic (exact) mass is 439 g/mol. The molecule has 4 rings (SSSR count). The maximum atomic E-state index is 12.8. The molecular formula is C21H16F3N7O. The van der Waals surface area contributed by atoms with Crippen LogP contribution in [-0.2, 0) is 6.18 Å². The van der Waals surface area contributed by atoms with Crippen molar-refractivity contribution in [2.24, 2.45) is 0 Å². The van der Waals surface area contributed by atoms with E-state index in [1.165, 1.54) is 18.5 Å². The molecule has 0 spiro atoms. The molecule has 4 aromatic rings. The fourth-order valence-corrected chi connectivity index (χ4v) is 2.80. The fraction of sp³-hybridized carbons (Fsp3) is 0.0476. The Hall–Kier alpha value is -4.41. The van der Waals surface area contributed by atoms with E-state index < -0.39 is 17.8 Å². The van der Waals surface area contributed by atoms with Crippen LogP contribution < -0.4 is 16.0 Å². The van der Waals surface area contributed by atoms with Gasteiger partial charge in [0.05, 0.1) is 5.56 Å². The molecular weight excluding hydrogens is 423 g/mol. The number of rotatable bonds is 5. The summed E-state index contributed by atoms with van der Waals surface area (Å²) in [4.78, 5) is 24.5. The standard InChI is InChI=1S/C21H16F3N7O/c22-21(23,24)14-2-1-3-17(10-14)30-20(32)29-16-6-4-15(5-7-16)28-18-11-19(27-12-26-18)31-9-8-25-13-31/h1-13H,(H,26,27,28)(H2,29,30,32). The molecule has 0 bridgehead atoms. The molecule has 0 aliphatic rings. The molecule has 0 fully saturated rings. The van der Waals surface area contributed by atoms with Crippen molar-refractivity contribution in [1.29, 1.82) is 0 Å². The van der Waals surface area contributed by atoms with Crippen molar-refractivity contribution < 1.29 is 18.0 Å². The fourth-order valence-electron chi connectivity index (χ4n) is 2.80. The van der Waals surface area contributed by atoms with Crippen molar-refractivity contribution >= 4 is 28.9 Å². The molecule has 0 saturated carbocycles. The molecule has 162 valence electrons. The Kier molecular flexibility index (Phi) is 5.71. The number of halogens is 3. The number of amides is 2. The molecule has 11 heteroatoms. The van der Waals surface area contributed by atoms with Crippen LogP contribution in [-0.4, -0.2) is 25.6 Å². The lowest BCUT2D eigenvalue weighted by atomic mass is 10.2. The van der Waals surface area contributed by atoms with Gasteiger partial charge in [-0.1, -0.05) is 6.07 Å².